The smallest absolute Gasteiger partial charge is 0.263 e. The lowest BCUT2D eigenvalue weighted by Gasteiger charge is -2.10. The summed E-state index contributed by atoms with van der Waals surface area (Å²) < 4.78 is 6.26. The third-order valence-corrected chi connectivity index (χ3v) is 5.88. The van der Waals surface area contributed by atoms with Crippen LogP contribution in [-0.4, -0.2) is 10.9 Å². The zero-order valence-electron chi connectivity index (χ0n) is 12.8. The Kier molecular flexibility index (Phi) is 4.57. The van der Waals surface area contributed by atoms with Crippen LogP contribution < -0.4 is 5.32 Å². The minimum Gasteiger partial charge on any atom is -0.464 e. The molecular weight excluding hydrogens is 352 g/mol. The van der Waals surface area contributed by atoms with E-state index in [0.717, 1.165) is 27.1 Å². The topological polar surface area (TPSA) is 55.1 Å². The molecule has 3 aromatic rings. The minimum atomic E-state index is -0.197. The van der Waals surface area contributed by atoms with E-state index in [9.17, 15) is 4.79 Å². The first kappa shape index (κ1) is 16.2. The summed E-state index contributed by atoms with van der Waals surface area (Å²) in [5.41, 5.74) is 0.717. The van der Waals surface area contributed by atoms with E-state index in [4.69, 9.17) is 16.0 Å². The summed E-state index contributed by atoms with van der Waals surface area (Å²) in [6.07, 6.45) is 0. The number of furan rings is 1. The van der Waals surface area contributed by atoms with E-state index < -0.39 is 0 Å². The second-order valence-corrected chi connectivity index (χ2v) is 7.90. The average molecular weight is 367 g/mol. The number of nitrogens with one attached hydrogen (secondary N) is 1. The third kappa shape index (κ3) is 3.49. The van der Waals surface area contributed by atoms with Crippen LogP contribution >= 0.6 is 34.3 Å². The molecule has 120 valence electrons. The number of hydrogen-bond donors (Lipinski definition) is 1. The predicted octanol–water partition coefficient (Wildman–Crippen LogP) is 5.23. The Morgan fingerprint density at radius 3 is 2.65 bits per heavy atom. The SMILES string of the molecule is Cc1ccc(C(C)NC(=O)c2sc(-c3ccc(Cl)s3)nc2C)o1. The molecule has 1 N–H and O–H groups in total. The van der Waals surface area contributed by atoms with Gasteiger partial charge < -0.3 is 9.73 Å². The first-order valence-electron chi connectivity index (χ1n) is 7.04. The van der Waals surface area contributed by atoms with Gasteiger partial charge in [-0.25, -0.2) is 4.98 Å². The van der Waals surface area contributed by atoms with Crippen molar-refractivity contribution in [3.8, 4) is 9.88 Å². The number of hydrogen-bond acceptors (Lipinski definition) is 5. The highest BCUT2D eigenvalue weighted by Gasteiger charge is 2.20. The van der Waals surface area contributed by atoms with Gasteiger partial charge in [0.15, 0.2) is 0 Å². The normalized spacial score (nSPS) is 12.3. The zero-order valence-corrected chi connectivity index (χ0v) is 15.2. The number of carbonyl (C=O) groups excluding carboxylic acids is 1. The monoisotopic (exact) mass is 366 g/mol. The number of thiophene rings is 1. The van der Waals surface area contributed by atoms with Crippen molar-refractivity contribution in [2.45, 2.75) is 26.8 Å². The molecule has 3 rings (SSSR count). The van der Waals surface area contributed by atoms with Crippen molar-refractivity contribution in [1.29, 1.82) is 0 Å². The molecular formula is C16H15ClN2O2S2. The van der Waals surface area contributed by atoms with Crippen molar-refractivity contribution in [2.24, 2.45) is 0 Å². The molecule has 3 aromatic heterocycles. The first-order chi connectivity index (χ1) is 10.9. The lowest BCUT2D eigenvalue weighted by molar-refractivity contribution is 0.0938. The molecule has 4 nitrogen and oxygen atoms in total. The van der Waals surface area contributed by atoms with E-state index in [1.807, 2.05) is 45.0 Å². The van der Waals surface area contributed by atoms with Gasteiger partial charge in [-0.1, -0.05) is 11.6 Å². The molecule has 1 amide bonds. The van der Waals surface area contributed by atoms with Gasteiger partial charge >= 0.3 is 0 Å². The number of rotatable bonds is 4. The van der Waals surface area contributed by atoms with Crippen LogP contribution in [0.5, 0.6) is 0 Å². The quantitative estimate of drug-likeness (QED) is 0.688. The number of aryl methyl sites for hydroxylation is 2. The molecule has 0 aromatic carbocycles. The molecule has 0 saturated heterocycles. The van der Waals surface area contributed by atoms with Gasteiger partial charge in [-0.2, -0.15) is 0 Å². The van der Waals surface area contributed by atoms with Crippen LogP contribution in [0.3, 0.4) is 0 Å². The molecule has 0 bridgehead atoms. The number of thiazole rings is 1. The Morgan fingerprint density at radius 2 is 2.04 bits per heavy atom. The predicted molar refractivity (Wildman–Crippen MR) is 94.5 cm³/mol. The first-order valence-corrected chi connectivity index (χ1v) is 9.05. The van der Waals surface area contributed by atoms with Gasteiger partial charge in [0.2, 0.25) is 0 Å². The van der Waals surface area contributed by atoms with Crippen molar-refractivity contribution in [1.82, 2.24) is 10.3 Å². The molecule has 0 aliphatic heterocycles. The zero-order chi connectivity index (χ0) is 16.6. The van der Waals surface area contributed by atoms with Crippen LogP contribution in [0.2, 0.25) is 4.34 Å². The molecule has 0 aliphatic rings. The fourth-order valence-electron chi connectivity index (χ4n) is 2.16. The van der Waals surface area contributed by atoms with E-state index >= 15 is 0 Å². The summed E-state index contributed by atoms with van der Waals surface area (Å²) in [5, 5.41) is 3.76. The van der Waals surface area contributed by atoms with Crippen LogP contribution in [0.4, 0.5) is 0 Å². The van der Waals surface area contributed by atoms with Crippen molar-refractivity contribution >= 4 is 40.2 Å². The number of aromatic nitrogens is 1. The van der Waals surface area contributed by atoms with E-state index in [1.54, 1.807) is 0 Å². The van der Waals surface area contributed by atoms with Crippen LogP contribution in [0.1, 0.15) is 39.9 Å². The van der Waals surface area contributed by atoms with Gasteiger partial charge in [0.25, 0.3) is 5.91 Å². The highest BCUT2D eigenvalue weighted by atomic mass is 35.5. The minimum absolute atomic E-state index is 0.143. The average Bonchev–Trinajstić information content (AvgIpc) is 3.19. The number of carbonyl (C=O) groups is 1. The lowest BCUT2D eigenvalue weighted by Crippen LogP contribution is -2.26. The van der Waals surface area contributed by atoms with Gasteiger partial charge in [-0.3, -0.25) is 4.79 Å². The summed E-state index contributed by atoms with van der Waals surface area (Å²) >= 11 is 8.79. The maximum Gasteiger partial charge on any atom is 0.263 e. The fourth-order valence-corrected chi connectivity index (χ4v) is 4.23. The Morgan fingerprint density at radius 1 is 1.26 bits per heavy atom. The van der Waals surface area contributed by atoms with Gasteiger partial charge in [0, 0.05) is 0 Å². The van der Waals surface area contributed by atoms with Gasteiger partial charge in [0.1, 0.15) is 21.4 Å². The van der Waals surface area contributed by atoms with Crippen molar-refractivity contribution < 1.29 is 9.21 Å². The Hall–Kier alpha value is -1.63. The molecule has 0 fully saturated rings. The summed E-state index contributed by atoms with van der Waals surface area (Å²) in [6, 6.07) is 7.31. The third-order valence-electron chi connectivity index (χ3n) is 3.32. The molecule has 1 atom stereocenters. The fraction of sp³-hybridized carbons (Fsp3) is 0.250. The van der Waals surface area contributed by atoms with Crippen LogP contribution in [0.15, 0.2) is 28.7 Å². The molecule has 0 radical (unpaired) electrons. The largest absolute Gasteiger partial charge is 0.464 e. The molecule has 1 unspecified atom stereocenters. The van der Waals surface area contributed by atoms with Gasteiger partial charge in [-0.15, -0.1) is 22.7 Å². The van der Waals surface area contributed by atoms with Gasteiger partial charge in [-0.05, 0) is 45.0 Å². The van der Waals surface area contributed by atoms with E-state index in [0.29, 0.717) is 9.21 Å². The Labute approximate surface area is 147 Å². The summed E-state index contributed by atoms with van der Waals surface area (Å²) in [5.74, 6) is 1.42. The van der Waals surface area contributed by atoms with Crippen LogP contribution in [0.25, 0.3) is 9.88 Å². The second kappa shape index (κ2) is 6.47. The van der Waals surface area contributed by atoms with Crippen molar-refractivity contribution in [2.75, 3.05) is 0 Å². The standard InChI is InChI=1S/C16H15ClN2O2S2/c1-8-4-5-11(21-8)9(2)18-15(20)14-10(3)19-16(23-14)12-6-7-13(17)22-12/h4-7,9H,1-3H3,(H,18,20). The lowest BCUT2D eigenvalue weighted by atomic mass is 10.2. The molecule has 7 heteroatoms. The number of amides is 1. The van der Waals surface area contributed by atoms with E-state index in [-0.39, 0.29) is 11.9 Å². The number of nitrogens with zero attached hydrogens (tertiary/aromatic N) is 1. The Bertz CT molecular complexity index is 850. The van der Waals surface area contributed by atoms with Crippen LogP contribution in [0, 0.1) is 13.8 Å². The maximum atomic E-state index is 12.5. The molecule has 0 saturated carbocycles. The van der Waals surface area contributed by atoms with Crippen LogP contribution in [-0.2, 0) is 0 Å². The summed E-state index contributed by atoms with van der Waals surface area (Å²) in [4.78, 5) is 18.6. The Balaban J connectivity index is 1.78. The molecule has 3 heterocycles. The van der Waals surface area contributed by atoms with Crippen molar-refractivity contribution in [3.63, 3.8) is 0 Å². The maximum absolute atomic E-state index is 12.5. The summed E-state index contributed by atoms with van der Waals surface area (Å²) in [7, 11) is 0. The summed E-state index contributed by atoms with van der Waals surface area (Å²) in [6.45, 7) is 5.61. The van der Waals surface area contributed by atoms with E-state index in [1.165, 1.54) is 22.7 Å². The second-order valence-electron chi connectivity index (χ2n) is 5.18. The van der Waals surface area contributed by atoms with Gasteiger partial charge in [0.05, 0.1) is 20.9 Å². The highest BCUT2D eigenvalue weighted by Crippen LogP contribution is 2.35. The molecule has 0 aliphatic carbocycles. The number of halogens is 1. The molecule has 0 spiro atoms. The highest BCUT2D eigenvalue weighted by molar-refractivity contribution is 7.24. The molecule has 23 heavy (non-hydrogen) atoms. The van der Waals surface area contributed by atoms with E-state index in [2.05, 4.69) is 10.3 Å². The van der Waals surface area contributed by atoms with Crippen molar-refractivity contribution in [3.05, 3.63) is 50.7 Å².